The highest BCUT2D eigenvalue weighted by Gasteiger charge is 2.18. The first kappa shape index (κ1) is 17.4. The van der Waals surface area contributed by atoms with Crippen molar-refractivity contribution in [2.24, 2.45) is 0 Å². The SMILES string of the molecule is Cc1cc(NC(=O)CN2CCN(CC=Cc3ccccc3)CC2)on1. The minimum atomic E-state index is -0.0615. The Morgan fingerprint density at radius 3 is 2.60 bits per heavy atom. The van der Waals surface area contributed by atoms with Crippen molar-refractivity contribution in [1.29, 1.82) is 0 Å². The van der Waals surface area contributed by atoms with E-state index in [1.165, 1.54) is 5.56 Å². The van der Waals surface area contributed by atoms with Crippen LogP contribution in [-0.2, 0) is 4.79 Å². The molecule has 0 spiro atoms. The number of aryl methyl sites for hydroxylation is 1. The van der Waals surface area contributed by atoms with Crippen molar-refractivity contribution in [3.8, 4) is 0 Å². The second-order valence-electron chi connectivity index (χ2n) is 6.27. The molecule has 0 saturated carbocycles. The van der Waals surface area contributed by atoms with Gasteiger partial charge in [-0.3, -0.25) is 19.9 Å². The lowest BCUT2D eigenvalue weighted by Gasteiger charge is -2.33. The summed E-state index contributed by atoms with van der Waals surface area (Å²) in [7, 11) is 0. The quantitative estimate of drug-likeness (QED) is 0.874. The molecule has 1 saturated heterocycles. The highest BCUT2D eigenvalue weighted by molar-refractivity contribution is 5.90. The molecule has 2 heterocycles. The van der Waals surface area contributed by atoms with Crippen LogP contribution < -0.4 is 5.32 Å². The topological polar surface area (TPSA) is 61.6 Å². The molecule has 6 heteroatoms. The molecule has 3 rings (SSSR count). The van der Waals surface area contributed by atoms with Crippen LogP contribution in [0, 0.1) is 6.92 Å². The first-order chi connectivity index (χ1) is 12.2. The molecule has 1 aliphatic rings. The van der Waals surface area contributed by atoms with Crippen LogP contribution in [-0.4, -0.2) is 60.1 Å². The predicted octanol–water partition coefficient (Wildman–Crippen LogP) is 2.25. The summed E-state index contributed by atoms with van der Waals surface area (Å²) in [6.07, 6.45) is 4.35. The van der Waals surface area contributed by atoms with Crippen LogP contribution in [0.15, 0.2) is 47.0 Å². The number of hydrogen-bond donors (Lipinski definition) is 1. The molecule has 0 atom stereocenters. The molecule has 2 aromatic rings. The van der Waals surface area contributed by atoms with Gasteiger partial charge in [0.15, 0.2) is 0 Å². The van der Waals surface area contributed by atoms with E-state index >= 15 is 0 Å². The summed E-state index contributed by atoms with van der Waals surface area (Å²) in [6, 6.07) is 12.0. The second kappa shape index (κ2) is 8.60. The number of hydrogen-bond acceptors (Lipinski definition) is 5. The smallest absolute Gasteiger partial charge is 0.240 e. The highest BCUT2D eigenvalue weighted by atomic mass is 16.5. The Hall–Kier alpha value is -2.44. The molecule has 1 aromatic carbocycles. The van der Waals surface area contributed by atoms with Gasteiger partial charge in [0.25, 0.3) is 0 Å². The van der Waals surface area contributed by atoms with E-state index in [4.69, 9.17) is 4.52 Å². The number of anilines is 1. The molecule has 0 unspecified atom stereocenters. The van der Waals surface area contributed by atoms with E-state index < -0.39 is 0 Å². The standard InChI is InChI=1S/C19H24N4O2/c1-16-14-19(25-21-16)20-18(24)15-23-12-10-22(11-13-23)9-5-8-17-6-3-2-4-7-17/h2-8,14H,9-13,15H2,1H3,(H,20,24). The average Bonchev–Trinajstić information content (AvgIpc) is 3.02. The number of carbonyl (C=O) groups excluding carboxylic acids is 1. The fraction of sp³-hybridized carbons (Fsp3) is 0.368. The van der Waals surface area contributed by atoms with Crippen LogP contribution in [0.5, 0.6) is 0 Å². The van der Waals surface area contributed by atoms with E-state index in [9.17, 15) is 4.79 Å². The summed E-state index contributed by atoms with van der Waals surface area (Å²) in [6.45, 7) is 6.86. The molecule has 0 aliphatic carbocycles. The van der Waals surface area contributed by atoms with Crippen molar-refractivity contribution in [1.82, 2.24) is 15.0 Å². The number of nitrogens with zero attached hydrogens (tertiary/aromatic N) is 3. The Balaban J connectivity index is 1.37. The molecule has 25 heavy (non-hydrogen) atoms. The van der Waals surface area contributed by atoms with Crippen molar-refractivity contribution in [3.63, 3.8) is 0 Å². The molecular weight excluding hydrogens is 316 g/mol. The van der Waals surface area contributed by atoms with Crippen LogP contribution in [0.2, 0.25) is 0 Å². The maximum atomic E-state index is 12.0. The monoisotopic (exact) mass is 340 g/mol. The Labute approximate surface area is 148 Å². The van der Waals surface area contributed by atoms with Crippen LogP contribution in [0.3, 0.4) is 0 Å². The molecule has 6 nitrogen and oxygen atoms in total. The maximum Gasteiger partial charge on any atom is 0.240 e. The maximum absolute atomic E-state index is 12.0. The van der Waals surface area contributed by atoms with Crippen molar-refractivity contribution in [2.45, 2.75) is 6.92 Å². The lowest BCUT2D eigenvalue weighted by Crippen LogP contribution is -2.48. The van der Waals surface area contributed by atoms with Gasteiger partial charge in [-0.2, -0.15) is 0 Å². The Kier molecular flexibility index (Phi) is 5.98. The van der Waals surface area contributed by atoms with E-state index in [2.05, 4.69) is 44.6 Å². The minimum absolute atomic E-state index is 0.0615. The third-order valence-electron chi connectivity index (χ3n) is 4.20. The van der Waals surface area contributed by atoms with Crippen LogP contribution >= 0.6 is 0 Å². The fourth-order valence-electron chi connectivity index (χ4n) is 2.83. The van der Waals surface area contributed by atoms with E-state index in [1.54, 1.807) is 6.07 Å². The Morgan fingerprint density at radius 1 is 1.20 bits per heavy atom. The number of amides is 1. The van der Waals surface area contributed by atoms with Gasteiger partial charge in [-0.05, 0) is 12.5 Å². The van der Waals surface area contributed by atoms with Crippen molar-refractivity contribution >= 4 is 17.9 Å². The van der Waals surface area contributed by atoms with E-state index in [0.29, 0.717) is 12.4 Å². The molecule has 0 radical (unpaired) electrons. The minimum Gasteiger partial charge on any atom is -0.338 e. The lowest BCUT2D eigenvalue weighted by molar-refractivity contribution is -0.117. The molecular formula is C19H24N4O2. The Bertz CT molecular complexity index is 703. The van der Waals surface area contributed by atoms with Gasteiger partial charge in [-0.25, -0.2) is 0 Å². The van der Waals surface area contributed by atoms with E-state index in [0.717, 1.165) is 38.4 Å². The Morgan fingerprint density at radius 2 is 1.92 bits per heavy atom. The largest absolute Gasteiger partial charge is 0.338 e. The number of aromatic nitrogens is 1. The number of nitrogens with one attached hydrogen (secondary N) is 1. The zero-order valence-corrected chi connectivity index (χ0v) is 14.5. The van der Waals surface area contributed by atoms with Gasteiger partial charge in [-0.15, -0.1) is 0 Å². The second-order valence-corrected chi connectivity index (χ2v) is 6.27. The summed E-state index contributed by atoms with van der Waals surface area (Å²) >= 11 is 0. The molecule has 1 aliphatic heterocycles. The number of carbonyl (C=O) groups is 1. The number of benzene rings is 1. The molecule has 132 valence electrons. The third kappa shape index (κ3) is 5.55. The predicted molar refractivity (Wildman–Crippen MR) is 98.2 cm³/mol. The summed E-state index contributed by atoms with van der Waals surface area (Å²) in [5, 5.41) is 6.50. The van der Waals surface area contributed by atoms with Crippen LogP contribution in [0.4, 0.5) is 5.88 Å². The summed E-state index contributed by atoms with van der Waals surface area (Å²) in [5.74, 6) is 0.348. The van der Waals surface area contributed by atoms with Gasteiger partial charge >= 0.3 is 0 Å². The average molecular weight is 340 g/mol. The molecule has 1 aromatic heterocycles. The van der Waals surface area contributed by atoms with Crippen LogP contribution in [0.1, 0.15) is 11.3 Å². The summed E-state index contributed by atoms with van der Waals surface area (Å²) < 4.78 is 5.01. The molecule has 1 amide bonds. The first-order valence-corrected chi connectivity index (χ1v) is 8.58. The van der Waals surface area contributed by atoms with Gasteiger partial charge in [-0.1, -0.05) is 47.6 Å². The molecule has 0 bridgehead atoms. The van der Waals surface area contributed by atoms with Crippen molar-refractivity contribution in [2.75, 3.05) is 44.6 Å². The fourth-order valence-corrected chi connectivity index (χ4v) is 2.83. The van der Waals surface area contributed by atoms with Crippen molar-refractivity contribution < 1.29 is 9.32 Å². The van der Waals surface area contributed by atoms with E-state index in [1.807, 2.05) is 25.1 Å². The lowest BCUT2D eigenvalue weighted by atomic mass is 10.2. The molecule has 1 N–H and O–H groups in total. The zero-order chi connectivity index (χ0) is 17.5. The summed E-state index contributed by atoms with van der Waals surface area (Å²) in [4.78, 5) is 16.6. The van der Waals surface area contributed by atoms with Gasteiger partial charge in [0.2, 0.25) is 11.8 Å². The van der Waals surface area contributed by atoms with Crippen molar-refractivity contribution in [3.05, 3.63) is 53.7 Å². The van der Waals surface area contributed by atoms with Gasteiger partial charge in [0, 0.05) is 38.8 Å². The number of piperazine rings is 1. The number of rotatable bonds is 6. The van der Waals surface area contributed by atoms with Crippen LogP contribution in [0.25, 0.3) is 6.08 Å². The summed E-state index contributed by atoms with van der Waals surface area (Å²) in [5.41, 5.74) is 1.98. The van der Waals surface area contributed by atoms with Gasteiger partial charge in [0.05, 0.1) is 12.2 Å². The third-order valence-corrected chi connectivity index (χ3v) is 4.20. The molecule has 1 fully saturated rings. The van der Waals surface area contributed by atoms with Gasteiger partial charge < -0.3 is 4.52 Å². The van der Waals surface area contributed by atoms with E-state index in [-0.39, 0.29) is 5.91 Å². The highest BCUT2D eigenvalue weighted by Crippen LogP contribution is 2.09. The first-order valence-electron chi connectivity index (χ1n) is 8.58. The normalized spacial score (nSPS) is 16.4. The van der Waals surface area contributed by atoms with Gasteiger partial charge in [0.1, 0.15) is 0 Å². The zero-order valence-electron chi connectivity index (χ0n) is 14.5.